The number of piperidine rings is 1. The first-order valence-electron chi connectivity index (χ1n) is 12.1. The van der Waals surface area contributed by atoms with E-state index in [2.05, 4.69) is 16.0 Å². The van der Waals surface area contributed by atoms with Gasteiger partial charge in [0.15, 0.2) is 0 Å². The average molecular weight is 507 g/mol. The van der Waals surface area contributed by atoms with Gasteiger partial charge in [0.1, 0.15) is 17.7 Å². The first kappa shape index (κ1) is 25.9. The zero-order valence-electron chi connectivity index (χ0n) is 21.0. The molecule has 2 heterocycles. The van der Waals surface area contributed by atoms with Crippen LogP contribution in [0.4, 0.5) is 4.79 Å². The molecule has 5 amide bonds. The van der Waals surface area contributed by atoms with Gasteiger partial charge in [0.2, 0.25) is 17.7 Å². The molecule has 0 saturated carbocycles. The monoisotopic (exact) mass is 506 g/mol. The second-order valence-electron chi connectivity index (χ2n) is 10.1. The number of fused-ring (bicyclic) bond motifs is 1. The molecule has 2 aromatic carbocycles. The number of alkyl carbamates (subject to hydrolysis) is 1. The second-order valence-corrected chi connectivity index (χ2v) is 10.1. The van der Waals surface area contributed by atoms with Crippen molar-refractivity contribution in [2.75, 3.05) is 0 Å². The number of rotatable bonds is 6. The predicted molar refractivity (Wildman–Crippen MR) is 133 cm³/mol. The van der Waals surface area contributed by atoms with Gasteiger partial charge in [-0.05, 0) is 49.9 Å². The van der Waals surface area contributed by atoms with Crippen LogP contribution in [-0.2, 0) is 32.2 Å². The van der Waals surface area contributed by atoms with Crippen molar-refractivity contribution in [2.24, 2.45) is 0 Å². The molecule has 3 N–H and O–H groups in total. The molecule has 10 heteroatoms. The molecule has 1 unspecified atom stereocenters. The first-order valence-corrected chi connectivity index (χ1v) is 12.1. The van der Waals surface area contributed by atoms with Gasteiger partial charge in [0.05, 0.1) is 0 Å². The van der Waals surface area contributed by atoms with Crippen LogP contribution in [0.15, 0.2) is 48.5 Å². The zero-order chi connectivity index (χ0) is 26.7. The van der Waals surface area contributed by atoms with E-state index >= 15 is 0 Å². The molecule has 2 aromatic rings. The molecule has 0 radical (unpaired) electrons. The van der Waals surface area contributed by atoms with Gasteiger partial charge >= 0.3 is 6.09 Å². The summed E-state index contributed by atoms with van der Waals surface area (Å²) in [7, 11) is 0. The molecule has 2 atom stereocenters. The summed E-state index contributed by atoms with van der Waals surface area (Å²) >= 11 is 0. The van der Waals surface area contributed by atoms with Gasteiger partial charge in [0.25, 0.3) is 5.91 Å². The molecule has 1 saturated heterocycles. The van der Waals surface area contributed by atoms with E-state index in [4.69, 9.17) is 4.74 Å². The SMILES string of the molecule is CC(C)(C)OC(=O)N[C@@H](C(=O)NCc1ccc2c(c1)CN(C1CCC(=O)NC1=O)C2=O)c1ccccc1. The van der Waals surface area contributed by atoms with Gasteiger partial charge in [-0.25, -0.2) is 4.79 Å². The minimum Gasteiger partial charge on any atom is -0.444 e. The number of amides is 5. The summed E-state index contributed by atoms with van der Waals surface area (Å²) in [6.07, 6.45) is -0.229. The Kier molecular flexibility index (Phi) is 7.28. The first-order chi connectivity index (χ1) is 17.5. The van der Waals surface area contributed by atoms with Crippen molar-refractivity contribution in [3.05, 3.63) is 70.8 Å². The van der Waals surface area contributed by atoms with Crippen LogP contribution in [0.1, 0.15) is 66.7 Å². The molecule has 1 fully saturated rings. The quantitative estimate of drug-likeness (QED) is 0.515. The molecule has 4 rings (SSSR count). The number of carbonyl (C=O) groups excluding carboxylic acids is 5. The Morgan fingerprint density at radius 1 is 1.11 bits per heavy atom. The lowest BCUT2D eigenvalue weighted by Crippen LogP contribution is -2.52. The highest BCUT2D eigenvalue weighted by Crippen LogP contribution is 2.28. The smallest absolute Gasteiger partial charge is 0.408 e. The van der Waals surface area contributed by atoms with Crippen molar-refractivity contribution in [3.63, 3.8) is 0 Å². The number of hydrogen-bond donors (Lipinski definition) is 3. The number of hydrogen-bond acceptors (Lipinski definition) is 6. The molecule has 2 aliphatic rings. The van der Waals surface area contributed by atoms with Gasteiger partial charge in [-0.2, -0.15) is 0 Å². The molecule has 0 aliphatic carbocycles. The average Bonchev–Trinajstić information content (AvgIpc) is 3.16. The number of ether oxygens (including phenoxy) is 1. The van der Waals surface area contributed by atoms with Crippen LogP contribution in [-0.4, -0.2) is 46.3 Å². The Balaban J connectivity index is 1.43. The molecule has 194 valence electrons. The summed E-state index contributed by atoms with van der Waals surface area (Å²) in [5, 5.41) is 7.77. The number of carbonyl (C=O) groups is 5. The standard InChI is InChI=1S/C27H30N4O6/c1-27(2,3)37-26(36)30-22(17-7-5-4-6-8-17)24(34)28-14-16-9-10-19-18(13-16)15-31(25(19)35)20-11-12-21(32)29-23(20)33/h4-10,13,20,22H,11-12,14-15H2,1-3H3,(H,28,34)(H,30,36)(H,29,32,33)/t20?,22-/m1/s1. The van der Waals surface area contributed by atoms with Crippen molar-refractivity contribution >= 4 is 29.7 Å². The lowest BCUT2D eigenvalue weighted by molar-refractivity contribution is -0.137. The highest BCUT2D eigenvalue weighted by molar-refractivity contribution is 6.05. The van der Waals surface area contributed by atoms with Crippen molar-refractivity contribution in [1.29, 1.82) is 0 Å². The van der Waals surface area contributed by atoms with E-state index in [-0.39, 0.29) is 31.3 Å². The van der Waals surface area contributed by atoms with Crippen LogP contribution in [0.5, 0.6) is 0 Å². The fourth-order valence-electron chi connectivity index (χ4n) is 4.40. The molecule has 2 aliphatic heterocycles. The Morgan fingerprint density at radius 3 is 2.51 bits per heavy atom. The highest BCUT2D eigenvalue weighted by Gasteiger charge is 2.39. The number of benzene rings is 2. The van der Waals surface area contributed by atoms with Crippen molar-refractivity contribution < 1.29 is 28.7 Å². The van der Waals surface area contributed by atoms with Crippen LogP contribution in [0.25, 0.3) is 0 Å². The van der Waals surface area contributed by atoms with Crippen molar-refractivity contribution in [2.45, 2.75) is 64.4 Å². The molecule has 10 nitrogen and oxygen atoms in total. The summed E-state index contributed by atoms with van der Waals surface area (Å²) in [4.78, 5) is 63.6. The molecular formula is C27H30N4O6. The largest absolute Gasteiger partial charge is 0.444 e. The molecular weight excluding hydrogens is 476 g/mol. The molecule has 0 spiro atoms. The number of imide groups is 1. The van der Waals surface area contributed by atoms with Crippen molar-refractivity contribution in [3.8, 4) is 0 Å². The minimum absolute atomic E-state index is 0.165. The maximum absolute atomic E-state index is 13.1. The zero-order valence-corrected chi connectivity index (χ0v) is 21.0. The normalized spacial score (nSPS) is 18.1. The van der Waals surface area contributed by atoms with E-state index in [1.165, 1.54) is 4.90 Å². The van der Waals surface area contributed by atoms with Gasteiger partial charge in [0, 0.05) is 25.1 Å². The molecule has 37 heavy (non-hydrogen) atoms. The third kappa shape index (κ3) is 6.14. The minimum atomic E-state index is -0.963. The maximum atomic E-state index is 13.1. The van der Waals surface area contributed by atoms with Gasteiger partial charge < -0.3 is 20.3 Å². The summed E-state index contributed by atoms with van der Waals surface area (Å²) in [5.41, 5.74) is 1.88. The van der Waals surface area contributed by atoms with E-state index < -0.39 is 35.6 Å². The van der Waals surface area contributed by atoms with E-state index in [1.807, 2.05) is 12.1 Å². The summed E-state index contributed by atoms with van der Waals surface area (Å²) in [6, 6.07) is 12.4. The lowest BCUT2D eigenvalue weighted by atomic mass is 10.0. The summed E-state index contributed by atoms with van der Waals surface area (Å²) < 4.78 is 5.32. The van der Waals surface area contributed by atoms with Gasteiger partial charge in [-0.15, -0.1) is 0 Å². The van der Waals surface area contributed by atoms with E-state index in [0.29, 0.717) is 17.5 Å². The highest BCUT2D eigenvalue weighted by atomic mass is 16.6. The third-order valence-electron chi connectivity index (χ3n) is 6.11. The third-order valence-corrected chi connectivity index (χ3v) is 6.11. The summed E-state index contributed by atoms with van der Waals surface area (Å²) in [5.74, 6) is -1.47. The Morgan fingerprint density at radius 2 is 1.84 bits per heavy atom. The fraction of sp³-hybridized carbons (Fsp3) is 0.370. The maximum Gasteiger partial charge on any atom is 0.408 e. The van der Waals surface area contributed by atoms with Crippen LogP contribution in [0.3, 0.4) is 0 Å². The second kappa shape index (κ2) is 10.4. The Hall–Kier alpha value is -4.21. The van der Waals surface area contributed by atoms with Crippen LogP contribution in [0, 0.1) is 0 Å². The number of nitrogens with one attached hydrogen (secondary N) is 3. The molecule has 0 aromatic heterocycles. The number of nitrogens with zero attached hydrogens (tertiary/aromatic N) is 1. The van der Waals surface area contributed by atoms with Crippen LogP contribution < -0.4 is 16.0 Å². The van der Waals surface area contributed by atoms with E-state index in [0.717, 1.165) is 11.1 Å². The molecule has 0 bridgehead atoms. The topological polar surface area (TPSA) is 134 Å². The Labute approximate surface area is 214 Å². The van der Waals surface area contributed by atoms with E-state index in [9.17, 15) is 24.0 Å². The van der Waals surface area contributed by atoms with Crippen molar-refractivity contribution in [1.82, 2.24) is 20.9 Å². The van der Waals surface area contributed by atoms with Crippen LogP contribution >= 0.6 is 0 Å². The summed E-state index contributed by atoms with van der Waals surface area (Å²) in [6.45, 7) is 5.63. The fourth-order valence-corrected chi connectivity index (χ4v) is 4.40. The van der Waals surface area contributed by atoms with Crippen LogP contribution in [0.2, 0.25) is 0 Å². The van der Waals surface area contributed by atoms with E-state index in [1.54, 1.807) is 57.2 Å². The lowest BCUT2D eigenvalue weighted by Gasteiger charge is -2.29. The van der Waals surface area contributed by atoms with Gasteiger partial charge in [-0.3, -0.25) is 24.5 Å². The van der Waals surface area contributed by atoms with Gasteiger partial charge in [-0.1, -0.05) is 42.5 Å². The predicted octanol–water partition coefficient (Wildman–Crippen LogP) is 2.33. The Bertz CT molecular complexity index is 1240.